The van der Waals surface area contributed by atoms with Crippen LogP contribution in [0, 0.1) is 11.8 Å². The molecule has 6 atom stereocenters. The number of benzene rings is 1. The second-order valence-corrected chi connectivity index (χ2v) is 9.59. The molecule has 1 aromatic carbocycles. The molecule has 2 N–H and O–H groups in total. The zero-order valence-corrected chi connectivity index (χ0v) is 19.6. The van der Waals surface area contributed by atoms with Gasteiger partial charge >= 0.3 is 5.97 Å². The summed E-state index contributed by atoms with van der Waals surface area (Å²) in [6, 6.07) is 7.83. The molecule has 3 fully saturated rings. The summed E-state index contributed by atoms with van der Waals surface area (Å²) in [5.74, 6) is -3.66. The van der Waals surface area contributed by atoms with Crippen molar-refractivity contribution in [1.29, 1.82) is 0 Å². The average molecular weight is 471 g/mol. The van der Waals surface area contributed by atoms with Crippen molar-refractivity contribution in [3.63, 3.8) is 0 Å². The van der Waals surface area contributed by atoms with Crippen molar-refractivity contribution < 1.29 is 29.3 Å². The number of nitrogens with zero attached hydrogens (tertiary/aromatic N) is 2. The van der Waals surface area contributed by atoms with Gasteiger partial charge in [0.15, 0.2) is 0 Å². The fourth-order valence-electron chi connectivity index (χ4n) is 6.15. The van der Waals surface area contributed by atoms with Crippen molar-refractivity contribution >= 4 is 17.8 Å². The minimum absolute atomic E-state index is 0.262. The van der Waals surface area contributed by atoms with E-state index < -0.39 is 47.5 Å². The van der Waals surface area contributed by atoms with Crippen LogP contribution >= 0.6 is 0 Å². The van der Waals surface area contributed by atoms with E-state index in [0.717, 1.165) is 18.4 Å². The normalized spacial score (nSPS) is 30.3. The van der Waals surface area contributed by atoms with E-state index in [2.05, 4.69) is 6.58 Å². The van der Waals surface area contributed by atoms with E-state index >= 15 is 0 Å². The van der Waals surface area contributed by atoms with Crippen molar-refractivity contribution in [2.45, 2.75) is 62.8 Å². The SMILES string of the molecule is C=CCN(CCCC)C(=O)C1N([C@@H](CO)Cc2ccccc2)C(=O)[C@@H]2[C@@H](C(=O)O)[C@H]3CCC12O3. The first-order chi connectivity index (χ1) is 16.4. The monoisotopic (exact) mass is 470 g/mol. The second kappa shape index (κ2) is 9.88. The van der Waals surface area contributed by atoms with Gasteiger partial charge in [-0.2, -0.15) is 0 Å². The third kappa shape index (κ3) is 3.92. The van der Waals surface area contributed by atoms with Crippen molar-refractivity contribution in [3.05, 3.63) is 48.6 Å². The summed E-state index contributed by atoms with van der Waals surface area (Å²) < 4.78 is 6.27. The minimum Gasteiger partial charge on any atom is -0.481 e. The van der Waals surface area contributed by atoms with Gasteiger partial charge in [-0.25, -0.2) is 0 Å². The predicted octanol–water partition coefficient (Wildman–Crippen LogP) is 1.86. The summed E-state index contributed by atoms with van der Waals surface area (Å²) in [6.07, 6.45) is 4.08. The molecule has 184 valence electrons. The highest BCUT2D eigenvalue weighted by molar-refractivity contribution is 5.98. The van der Waals surface area contributed by atoms with Gasteiger partial charge in [0.2, 0.25) is 11.8 Å². The van der Waals surface area contributed by atoms with E-state index in [9.17, 15) is 24.6 Å². The summed E-state index contributed by atoms with van der Waals surface area (Å²) >= 11 is 0. The molecular weight excluding hydrogens is 436 g/mol. The number of ether oxygens (including phenoxy) is 1. The Labute approximate surface area is 200 Å². The van der Waals surface area contributed by atoms with Crippen molar-refractivity contribution in [1.82, 2.24) is 9.80 Å². The van der Waals surface area contributed by atoms with Gasteiger partial charge in [-0.05, 0) is 31.2 Å². The topological polar surface area (TPSA) is 107 Å². The number of carbonyl (C=O) groups is 3. The number of fused-ring (bicyclic) bond motifs is 1. The first-order valence-corrected chi connectivity index (χ1v) is 12.2. The fourth-order valence-corrected chi connectivity index (χ4v) is 6.15. The van der Waals surface area contributed by atoms with Gasteiger partial charge in [0.1, 0.15) is 11.6 Å². The number of unbranched alkanes of at least 4 members (excludes halogenated alkanes) is 1. The summed E-state index contributed by atoms with van der Waals surface area (Å²) in [4.78, 5) is 43.2. The molecule has 1 aromatic rings. The van der Waals surface area contributed by atoms with Crippen LogP contribution in [-0.4, -0.2) is 81.3 Å². The number of aliphatic hydroxyl groups is 1. The van der Waals surface area contributed by atoms with Crippen LogP contribution in [-0.2, 0) is 25.5 Å². The number of hydrogen-bond donors (Lipinski definition) is 2. The van der Waals surface area contributed by atoms with E-state index in [-0.39, 0.29) is 12.5 Å². The van der Waals surface area contributed by atoms with Crippen LogP contribution < -0.4 is 0 Å². The number of carboxylic acids is 1. The highest BCUT2D eigenvalue weighted by atomic mass is 16.5. The number of aliphatic carboxylic acids is 1. The Bertz CT molecular complexity index is 936. The zero-order valence-electron chi connectivity index (χ0n) is 19.6. The molecule has 2 bridgehead atoms. The molecule has 3 saturated heterocycles. The maximum absolute atomic E-state index is 14.0. The van der Waals surface area contributed by atoms with Crippen LogP contribution in [0.1, 0.15) is 38.2 Å². The number of aliphatic hydroxyl groups excluding tert-OH is 1. The molecule has 0 radical (unpaired) electrons. The lowest BCUT2D eigenvalue weighted by Gasteiger charge is -2.39. The van der Waals surface area contributed by atoms with E-state index in [1.54, 1.807) is 11.0 Å². The standard InChI is InChI=1S/C26H34N2O6/c1-3-5-14-27(13-4-2)24(31)22-26-12-11-19(34-26)20(25(32)33)21(26)23(30)28(22)18(16-29)15-17-9-7-6-8-10-17/h4,6-10,18-22,29H,2-3,5,11-16H2,1H3,(H,32,33)/t18-,19-,20+,21+,22?,26?/m1/s1. The maximum Gasteiger partial charge on any atom is 0.310 e. The molecule has 1 spiro atoms. The van der Waals surface area contributed by atoms with Gasteiger partial charge in [-0.3, -0.25) is 14.4 Å². The Hall–Kier alpha value is -2.71. The van der Waals surface area contributed by atoms with Crippen molar-refractivity contribution in [2.24, 2.45) is 11.8 Å². The summed E-state index contributed by atoms with van der Waals surface area (Å²) in [6.45, 7) is 6.31. The molecule has 0 saturated carbocycles. The van der Waals surface area contributed by atoms with Crippen LogP contribution in [0.3, 0.4) is 0 Å². The summed E-state index contributed by atoms with van der Waals surface area (Å²) in [5.41, 5.74) is -0.262. The lowest BCUT2D eigenvalue weighted by Crippen LogP contribution is -2.59. The van der Waals surface area contributed by atoms with E-state index in [1.807, 2.05) is 37.3 Å². The molecule has 8 nitrogen and oxygen atoms in total. The Morgan fingerprint density at radius 1 is 1.35 bits per heavy atom. The van der Waals surface area contributed by atoms with E-state index in [1.165, 1.54) is 4.90 Å². The van der Waals surface area contributed by atoms with Crippen LogP contribution in [0.25, 0.3) is 0 Å². The number of rotatable bonds is 11. The van der Waals surface area contributed by atoms with Gasteiger partial charge in [-0.15, -0.1) is 6.58 Å². The molecule has 0 aromatic heterocycles. The Morgan fingerprint density at radius 2 is 2.09 bits per heavy atom. The smallest absolute Gasteiger partial charge is 0.310 e. The van der Waals surface area contributed by atoms with Crippen LogP contribution in [0.15, 0.2) is 43.0 Å². The minimum atomic E-state index is -1.18. The summed E-state index contributed by atoms with van der Waals surface area (Å²) in [5, 5.41) is 20.3. The lowest BCUT2D eigenvalue weighted by atomic mass is 9.70. The van der Waals surface area contributed by atoms with E-state index in [0.29, 0.717) is 32.4 Å². The van der Waals surface area contributed by atoms with Crippen LogP contribution in [0.2, 0.25) is 0 Å². The molecule has 4 rings (SSSR count). The Kier molecular flexibility index (Phi) is 7.09. The average Bonchev–Trinajstić information content (AvgIpc) is 3.48. The largest absolute Gasteiger partial charge is 0.481 e. The molecule has 2 amide bonds. The first kappa shape index (κ1) is 24.4. The van der Waals surface area contributed by atoms with Crippen molar-refractivity contribution in [3.8, 4) is 0 Å². The maximum atomic E-state index is 14.0. The Morgan fingerprint density at radius 3 is 2.71 bits per heavy atom. The molecule has 3 aliphatic heterocycles. The molecular formula is C26H34N2O6. The lowest BCUT2D eigenvalue weighted by molar-refractivity contribution is -0.153. The molecule has 3 aliphatic rings. The second-order valence-electron chi connectivity index (χ2n) is 9.59. The molecule has 8 heteroatoms. The fraction of sp³-hybridized carbons (Fsp3) is 0.577. The van der Waals surface area contributed by atoms with E-state index in [4.69, 9.17) is 4.74 Å². The Balaban J connectivity index is 1.76. The number of carboxylic acid groups (broad SMARTS) is 1. The quantitative estimate of drug-likeness (QED) is 0.478. The third-order valence-electron chi connectivity index (χ3n) is 7.62. The summed E-state index contributed by atoms with van der Waals surface area (Å²) in [7, 11) is 0. The van der Waals surface area contributed by atoms with Crippen molar-refractivity contribution in [2.75, 3.05) is 19.7 Å². The van der Waals surface area contributed by atoms with Crippen LogP contribution in [0.5, 0.6) is 0 Å². The van der Waals surface area contributed by atoms with Gasteiger partial charge < -0.3 is 24.7 Å². The molecule has 0 aliphatic carbocycles. The third-order valence-corrected chi connectivity index (χ3v) is 7.62. The number of carbonyl (C=O) groups excluding carboxylic acids is 2. The number of hydrogen-bond acceptors (Lipinski definition) is 5. The molecule has 3 heterocycles. The number of amides is 2. The number of likely N-dealkylation sites (tertiary alicyclic amines) is 1. The van der Waals surface area contributed by atoms with Crippen LogP contribution in [0.4, 0.5) is 0 Å². The van der Waals surface area contributed by atoms with Gasteiger partial charge in [0, 0.05) is 13.1 Å². The highest BCUT2D eigenvalue weighted by Gasteiger charge is 2.75. The molecule has 2 unspecified atom stereocenters. The first-order valence-electron chi connectivity index (χ1n) is 12.2. The van der Waals surface area contributed by atoms with Gasteiger partial charge in [0.05, 0.1) is 30.6 Å². The predicted molar refractivity (Wildman–Crippen MR) is 125 cm³/mol. The zero-order chi connectivity index (χ0) is 24.5. The highest BCUT2D eigenvalue weighted by Crippen LogP contribution is 2.59. The van der Waals surface area contributed by atoms with Gasteiger partial charge in [-0.1, -0.05) is 49.8 Å². The molecule has 34 heavy (non-hydrogen) atoms. The van der Waals surface area contributed by atoms with Gasteiger partial charge in [0.25, 0.3) is 0 Å².